The third kappa shape index (κ3) is 2.98. The summed E-state index contributed by atoms with van der Waals surface area (Å²) in [6, 6.07) is 7.82. The number of benzene rings is 1. The number of carbonyl (C=O) groups is 1. The van der Waals surface area contributed by atoms with Gasteiger partial charge < -0.3 is 9.15 Å². The molecular weight excluding hydrogens is 280 g/mol. The van der Waals surface area contributed by atoms with E-state index in [1.54, 1.807) is 7.11 Å². The molecule has 5 nitrogen and oxygen atoms in total. The van der Waals surface area contributed by atoms with Gasteiger partial charge in [-0.15, -0.1) is 0 Å². The van der Waals surface area contributed by atoms with Gasteiger partial charge in [0.1, 0.15) is 11.5 Å². The zero-order valence-electron chi connectivity index (χ0n) is 12.9. The Morgan fingerprint density at radius 1 is 1.36 bits per heavy atom. The Hall–Kier alpha value is -2.30. The summed E-state index contributed by atoms with van der Waals surface area (Å²) in [6.45, 7) is 1.85. The van der Waals surface area contributed by atoms with Crippen molar-refractivity contribution >= 4 is 11.9 Å². The molecule has 1 aliphatic rings. The number of nitrogens with zero attached hydrogens (tertiary/aromatic N) is 1. The molecule has 116 valence electrons. The van der Waals surface area contributed by atoms with Crippen molar-refractivity contribution in [2.75, 3.05) is 12.4 Å². The van der Waals surface area contributed by atoms with Crippen molar-refractivity contribution in [3.05, 3.63) is 41.3 Å². The lowest BCUT2D eigenvalue weighted by Gasteiger charge is -2.11. The summed E-state index contributed by atoms with van der Waals surface area (Å²) in [5.74, 6) is 1.21. The van der Waals surface area contributed by atoms with Crippen LogP contribution in [0.3, 0.4) is 0 Å². The standard InChI is InChI=1S/C17H20N2O3/c1-11(12-6-5-7-13(10-12)21-2)16(20)19-17-18-14-8-3-4-9-15(14)22-17/h5-7,10-11H,3-4,8-9H2,1-2H3,(H,18,19,20). The van der Waals surface area contributed by atoms with Crippen LogP contribution >= 0.6 is 0 Å². The predicted octanol–water partition coefficient (Wildman–Crippen LogP) is 3.30. The minimum atomic E-state index is -0.306. The van der Waals surface area contributed by atoms with Gasteiger partial charge in [0.15, 0.2) is 0 Å². The number of nitrogens with one attached hydrogen (secondary N) is 1. The number of oxazole rings is 1. The van der Waals surface area contributed by atoms with Crippen molar-refractivity contribution in [2.45, 2.75) is 38.5 Å². The monoisotopic (exact) mass is 300 g/mol. The van der Waals surface area contributed by atoms with Crippen molar-refractivity contribution < 1.29 is 13.9 Å². The second-order valence-corrected chi connectivity index (χ2v) is 5.58. The van der Waals surface area contributed by atoms with Crippen LogP contribution in [0.25, 0.3) is 0 Å². The average Bonchev–Trinajstić information content (AvgIpc) is 2.96. The number of aromatic nitrogens is 1. The van der Waals surface area contributed by atoms with E-state index >= 15 is 0 Å². The first-order valence-electron chi connectivity index (χ1n) is 7.61. The molecule has 0 saturated heterocycles. The number of methoxy groups -OCH3 is 1. The Morgan fingerprint density at radius 2 is 2.18 bits per heavy atom. The summed E-state index contributed by atoms with van der Waals surface area (Å²) in [5.41, 5.74) is 1.88. The van der Waals surface area contributed by atoms with Crippen LogP contribution in [0.2, 0.25) is 0 Å². The minimum Gasteiger partial charge on any atom is -0.497 e. The molecule has 1 aromatic heterocycles. The quantitative estimate of drug-likeness (QED) is 0.941. The molecule has 2 aromatic rings. The maximum absolute atomic E-state index is 12.4. The normalized spacial score (nSPS) is 15.0. The summed E-state index contributed by atoms with van der Waals surface area (Å²) in [5, 5.41) is 2.78. The third-order valence-corrected chi connectivity index (χ3v) is 4.06. The first kappa shape index (κ1) is 14.6. The Bertz CT molecular complexity index is 655. The fourth-order valence-corrected chi connectivity index (χ4v) is 2.68. The first-order chi connectivity index (χ1) is 10.7. The van der Waals surface area contributed by atoms with Gasteiger partial charge in [0, 0.05) is 6.42 Å². The molecule has 1 N–H and O–H groups in total. The minimum absolute atomic E-state index is 0.133. The number of rotatable bonds is 4. The van der Waals surface area contributed by atoms with Crippen molar-refractivity contribution in [3.8, 4) is 5.75 Å². The van der Waals surface area contributed by atoms with Gasteiger partial charge in [0.05, 0.1) is 18.7 Å². The molecule has 1 atom stereocenters. The van der Waals surface area contributed by atoms with Gasteiger partial charge in [-0.25, -0.2) is 0 Å². The van der Waals surface area contributed by atoms with Crippen molar-refractivity contribution in [2.24, 2.45) is 0 Å². The van der Waals surface area contributed by atoms with E-state index in [4.69, 9.17) is 9.15 Å². The number of hydrogen-bond donors (Lipinski definition) is 1. The van der Waals surface area contributed by atoms with Crippen LogP contribution in [0.5, 0.6) is 5.75 Å². The Morgan fingerprint density at radius 3 is 2.95 bits per heavy atom. The average molecular weight is 300 g/mol. The number of amides is 1. The topological polar surface area (TPSA) is 64.4 Å². The van der Waals surface area contributed by atoms with Crippen molar-refractivity contribution in [1.29, 1.82) is 0 Å². The number of aryl methyl sites for hydroxylation is 2. The molecule has 5 heteroatoms. The Labute approximate surface area is 129 Å². The van der Waals surface area contributed by atoms with Gasteiger partial charge in [-0.3, -0.25) is 10.1 Å². The molecule has 0 fully saturated rings. The molecule has 22 heavy (non-hydrogen) atoms. The third-order valence-electron chi connectivity index (χ3n) is 4.06. The second-order valence-electron chi connectivity index (χ2n) is 5.58. The first-order valence-corrected chi connectivity index (χ1v) is 7.61. The highest BCUT2D eigenvalue weighted by atomic mass is 16.5. The largest absolute Gasteiger partial charge is 0.497 e. The molecule has 1 amide bonds. The highest BCUT2D eigenvalue weighted by molar-refractivity contribution is 5.94. The van der Waals surface area contributed by atoms with E-state index in [1.807, 2.05) is 31.2 Å². The van der Waals surface area contributed by atoms with Crippen molar-refractivity contribution in [1.82, 2.24) is 4.98 Å². The summed E-state index contributed by atoms with van der Waals surface area (Å²) in [6.07, 6.45) is 4.09. The number of hydrogen-bond acceptors (Lipinski definition) is 4. The van der Waals surface area contributed by atoms with Gasteiger partial charge in [0.25, 0.3) is 0 Å². The highest BCUT2D eigenvalue weighted by Gasteiger charge is 2.21. The van der Waals surface area contributed by atoms with E-state index < -0.39 is 0 Å². The summed E-state index contributed by atoms with van der Waals surface area (Å²) < 4.78 is 10.8. The zero-order valence-corrected chi connectivity index (χ0v) is 12.9. The predicted molar refractivity (Wildman–Crippen MR) is 83.2 cm³/mol. The molecule has 1 unspecified atom stereocenters. The van der Waals surface area contributed by atoms with Gasteiger partial charge in [0.2, 0.25) is 5.91 Å². The lowest BCUT2D eigenvalue weighted by Crippen LogP contribution is -2.19. The SMILES string of the molecule is COc1cccc(C(C)C(=O)Nc2nc3c(o2)CCCC3)c1. The van der Waals surface area contributed by atoms with E-state index in [-0.39, 0.29) is 11.8 Å². The van der Waals surface area contributed by atoms with Crippen LogP contribution in [-0.4, -0.2) is 18.0 Å². The molecule has 1 aliphatic carbocycles. The molecule has 0 spiro atoms. The molecular formula is C17H20N2O3. The lowest BCUT2D eigenvalue weighted by molar-refractivity contribution is -0.117. The molecule has 3 rings (SSSR count). The van der Waals surface area contributed by atoms with Gasteiger partial charge >= 0.3 is 6.01 Å². The van der Waals surface area contributed by atoms with E-state index in [2.05, 4.69) is 10.3 Å². The molecule has 0 bridgehead atoms. The molecule has 0 saturated carbocycles. The Kier molecular flexibility index (Phi) is 4.13. The van der Waals surface area contributed by atoms with Crippen LogP contribution in [-0.2, 0) is 17.6 Å². The summed E-state index contributed by atoms with van der Waals surface area (Å²) in [4.78, 5) is 16.8. The summed E-state index contributed by atoms with van der Waals surface area (Å²) >= 11 is 0. The molecule has 1 heterocycles. The number of fused-ring (bicyclic) bond motifs is 1. The van der Waals surface area contributed by atoms with Crippen molar-refractivity contribution in [3.63, 3.8) is 0 Å². The van der Waals surface area contributed by atoms with Crippen LogP contribution < -0.4 is 10.1 Å². The number of carbonyl (C=O) groups excluding carboxylic acids is 1. The maximum atomic E-state index is 12.4. The zero-order chi connectivity index (χ0) is 15.5. The number of ether oxygens (including phenoxy) is 1. The molecule has 1 aromatic carbocycles. The van der Waals surface area contributed by atoms with Crippen LogP contribution in [0.15, 0.2) is 28.7 Å². The summed E-state index contributed by atoms with van der Waals surface area (Å²) in [7, 11) is 1.61. The molecule has 0 aliphatic heterocycles. The second kappa shape index (κ2) is 6.22. The van der Waals surface area contributed by atoms with Gasteiger partial charge in [-0.2, -0.15) is 4.98 Å². The van der Waals surface area contributed by atoms with Gasteiger partial charge in [-0.05, 0) is 43.9 Å². The van der Waals surface area contributed by atoms with E-state index in [0.29, 0.717) is 6.01 Å². The lowest BCUT2D eigenvalue weighted by atomic mass is 10.0. The number of anilines is 1. The van der Waals surface area contributed by atoms with E-state index in [1.165, 1.54) is 0 Å². The van der Waals surface area contributed by atoms with Crippen LogP contribution in [0, 0.1) is 0 Å². The van der Waals surface area contributed by atoms with E-state index in [0.717, 1.165) is 48.5 Å². The highest BCUT2D eigenvalue weighted by Crippen LogP contribution is 2.26. The Balaban J connectivity index is 1.71. The smallest absolute Gasteiger partial charge is 0.301 e. The van der Waals surface area contributed by atoms with Crippen LogP contribution in [0.1, 0.15) is 42.7 Å². The van der Waals surface area contributed by atoms with Crippen LogP contribution in [0.4, 0.5) is 6.01 Å². The van der Waals surface area contributed by atoms with E-state index in [9.17, 15) is 4.79 Å². The maximum Gasteiger partial charge on any atom is 0.301 e. The fraction of sp³-hybridized carbons (Fsp3) is 0.412. The fourth-order valence-electron chi connectivity index (χ4n) is 2.68. The van der Waals surface area contributed by atoms with Gasteiger partial charge in [-0.1, -0.05) is 12.1 Å². The molecule has 0 radical (unpaired) electrons.